The smallest absolute Gasteiger partial charge is 0.317 e. The highest BCUT2D eigenvalue weighted by Crippen LogP contribution is 2.17. The summed E-state index contributed by atoms with van der Waals surface area (Å²) < 4.78 is 0. The van der Waals surface area contributed by atoms with Crippen molar-refractivity contribution in [3.8, 4) is 0 Å². The molecule has 0 aromatic rings. The van der Waals surface area contributed by atoms with Gasteiger partial charge in [0.2, 0.25) is 0 Å². The predicted molar refractivity (Wildman–Crippen MR) is 64.6 cm³/mol. The lowest BCUT2D eigenvalue weighted by molar-refractivity contribution is -0.138. The highest BCUT2D eigenvalue weighted by molar-refractivity contribution is 5.69. The summed E-state index contributed by atoms with van der Waals surface area (Å²) in [5.41, 5.74) is 0. The summed E-state index contributed by atoms with van der Waals surface area (Å²) in [5.74, 6) is -0.0848. The van der Waals surface area contributed by atoms with E-state index >= 15 is 0 Å². The van der Waals surface area contributed by atoms with Crippen molar-refractivity contribution in [1.82, 2.24) is 9.80 Å². The molecule has 0 aromatic carbocycles. The van der Waals surface area contributed by atoms with Crippen LogP contribution in [0.4, 0.5) is 0 Å². The van der Waals surface area contributed by atoms with Gasteiger partial charge in [0.15, 0.2) is 0 Å². The molecule has 16 heavy (non-hydrogen) atoms. The van der Waals surface area contributed by atoms with E-state index in [0.29, 0.717) is 12.0 Å². The molecule has 0 bridgehead atoms. The minimum absolute atomic E-state index is 0.196. The van der Waals surface area contributed by atoms with Crippen LogP contribution in [0.2, 0.25) is 0 Å². The van der Waals surface area contributed by atoms with Gasteiger partial charge < -0.3 is 10.0 Å². The van der Waals surface area contributed by atoms with Crippen molar-refractivity contribution in [1.29, 1.82) is 0 Å². The molecule has 0 aliphatic carbocycles. The molecule has 1 aliphatic rings. The van der Waals surface area contributed by atoms with Crippen LogP contribution in [0.1, 0.15) is 26.7 Å². The number of hydrogen-bond donors (Lipinski definition) is 1. The number of aliphatic carboxylic acids is 1. The Morgan fingerprint density at radius 1 is 1.56 bits per heavy atom. The Kier molecular flexibility index (Phi) is 5.22. The van der Waals surface area contributed by atoms with Crippen LogP contribution in [0, 0.1) is 5.92 Å². The second kappa shape index (κ2) is 6.21. The number of carboxylic acids is 1. The van der Waals surface area contributed by atoms with Crippen molar-refractivity contribution in [3.63, 3.8) is 0 Å². The zero-order valence-corrected chi connectivity index (χ0v) is 10.6. The molecular weight excluding hydrogens is 204 g/mol. The fourth-order valence-electron chi connectivity index (χ4n) is 2.25. The van der Waals surface area contributed by atoms with Crippen molar-refractivity contribution < 1.29 is 9.90 Å². The third-order valence-electron chi connectivity index (χ3n) is 3.39. The molecule has 1 heterocycles. The summed E-state index contributed by atoms with van der Waals surface area (Å²) in [5, 5.41) is 8.77. The number of carboxylic acid groups (broad SMARTS) is 1. The largest absolute Gasteiger partial charge is 0.480 e. The zero-order chi connectivity index (χ0) is 12.1. The van der Waals surface area contributed by atoms with Crippen LogP contribution >= 0.6 is 0 Å². The SMILES string of the molecule is CC(C)N(C)C[C@H]1CCCN(CC(=O)O)C1. The maximum absolute atomic E-state index is 10.7. The van der Waals surface area contributed by atoms with Crippen LogP contribution in [-0.2, 0) is 4.79 Å². The van der Waals surface area contributed by atoms with E-state index in [4.69, 9.17) is 5.11 Å². The molecule has 4 heteroatoms. The summed E-state index contributed by atoms with van der Waals surface area (Å²) in [6.07, 6.45) is 2.36. The maximum Gasteiger partial charge on any atom is 0.317 e. The Labute approximate surface area is 98.2 Å². The van der Waals surface area contributed by atoms with Crippen LogP contribution < -0.4 is 0 Å². The van der Waals surface area contributed by atoms with Gasteiger partial charge >= 0.3 is 5.97 Å². The summed E-state index contributed by atoms with van der Waals surface area (Å²) in [7, 11) is 2.14. The van der Waals surface area contributed by atoms with Crippen LogP contribution in [0.15, 0.2) is 0 Å². The van der Waals surface area contributed by atoms with Crippen LogP contribution in [0.3, 0.4) is 0 Å². The van der Waals surface area contributed by atoms with Crippen LogP contribution in [0.5, 0.6) is 0 Å². The lowest BCUT2D eigenvalue weighted by atomic mass is 9.97. The van der Waals surface area contributed by atoms with Crippen LogP contribution in [0.25, 0.3) is 0 Å². The van der Waals surface area contributed by atoms with Crippen LogP contribution in [-0.4, -0.2) is 60.1 Å². The number of nitrogens with zero attached hydrogens (tertiary/aromatic N) is 2. The van der Waals surface area contributed by atoms with E-state index in [1.54, 1.807) is 0 Å². The fourth-order valence-corrected chi connectivity index (χ4v) is 2.25. The van der Waals surface area contributed by atoms with Crippen molar-refractivity contribution in [3.05, 3.63) is 0 Å². The monoisotopic (exact) mass is 228 g/mol. The maximum atomic E-state index is 10.7. The molecule has 94 valence electrons. The van der Waals surface area contributed by atoms with Gasteiger partial charge in [0.1, 0.15) is 0 Å². The number of carbonyl (C=O) groups is 1. The number of piperidine rings is 1. The highest BCUT2D eigenvalue weighted by Gasteiger charge is 2.22. The standard InChI is InChI=1S/C12H24N2O2/c1-10(2)13(3)7-11-5-4-6-14(8-11)9-12(15)16/h10-11H,4-9H2,1-3H3,(H,15,16)/t11-/m1/s1. The Morgan fingerprint density at radius 2 is 2.25 bits per heavy atom. The molecule has 4 nitrogen and oxygen atoms in total. The molecule has 0 spiro atoms. The zero-order valence-electron chi connectivity index (χ0n) is 10.6. The van der Waals surface area contributed by atoms with E-state index in [9.17, 15) is 4.79 Å². The van der Waals surface area contributed by atoms with E-state index in [1.807, 2.05) is 0 Å². The van der Waals surface area contributed by atoms with E-state index in [0.717, 1.165) is 26.1 Å². The van der Waals surface area contributed by atoms with E-state index in [-0.39, 0.29) is 6.54 Å². The Bertz CT molecular complexity index is 231. The second-order valence-electron chi connectivity index (χ2n) is 5.17. The van der Waals surface area contributed by atoms with Gasteiger partial charge in [0, 0.05) is 19.1 Å². The molecule has 1 rings (SSSR count). The topological polar surface area (TPSA) is 43.8 Å². The van der Waals surface area contributed by atoms with Gasteiger partial charge in [-0.2, -0.15) is 0 Å². The van der Waals surface area contributed by atoms with Crippen molar-refractivity contribution >= 4 is 5.97 Å². The molecule has 0 aromatic heterocycles. The van der Waals surface area contributed by atoms with Gasteiger partial charge in [-0.1, -0.05) is 0 Å². The normalized spacial score (nSPS) is 22.9. The second-order valence-corrected chi connectivity index (χ2v) is 5.17. The summed E-state index contributed by atoms with van der Waals surface area (Å²) in [4.78, 5) is 15.1. The fraction of sp³-hybridized carbons (Fsp3) is 0.917. The molecule has 1 aliphatic heterocycles. The molecule has 0 amide bonds. The van der Waals surface area contributed by atoms with Gasteiger partial charge in [-0.3, -0.25) is 9.69 Å². The summed E-state index contributed by atoms with van der Waals surface area (Å²) in [6.45, 7) is 7.53. The molecule has 0 saturated carbocycles. The van der Waals surface area contributed by atoms with Gasteiger partial charge in [0.05, 0.1) is 6.54 Å². The Morgan fingerprint density at radius 3 is 2.81 bits per heavy atom. The minimum Gasteiger partial charge on any atom is -0.480 e. The first-order valence-electron chi connectivity index (χ1n) is 6.13. The lowest BCUT2D eigenvalue weighted by Crippen LogP contribution is -2.43. The lowest BCUT2D eigenvalue weighted by Gasteiger charge is -2.34. The molecule has 1 saturated heterocycles. The van der Waals surface area contributed by atoms with Gasteiger partial charge in [0.25, 0.3) is 0 Å². The van der Waals surface area contributed by atoms with Gasteiger partial charge in [-0.05, 0) is 46.2 Å². The van der Waals surface area contributed by atoms with Gasteiger partial charge in [-0.15, -0.1) is 0 Å². The molecule has 1 atom stereocenters. The van der Waals surface area contributed by atoms with Crippen molar-refractivity contribution in [2.24, 2.45) is 5.92 Å². The predicted octanol–water partition coefficient (Wildman–Crippen LogP) is 1.12. The first-order chi connectivity index (χ1) is 7.49. The average Bonchev–Trinajstić information content (AvgIpc) is 2.16. The molecular formula is C12H24N2O2. The Balaban J connectivity index is 2.35. The summed E-state index contributed by atoms with van der Waals surface area (Å²) >= 11 is 0. The Hall–Kier alpha value is -0.610. The quantitative estimate of drug-likeness (QED) is 0.766. The summed E-state index contributed by atoms with van der Waals surface area (Å²) in [6, 6.07) is 0.565. The van der Waals surface area contributed by atoms with Gasteiger partial charge in [-0.25, -0.2) is 0 Å². The third kappa shape index (κ3) is 4.49. The molecule has 0 unspecified atom stereocenters. The highest BCUT2D eigenvalue weighted by atomic mass is 16.4. The van der Waals surface area contributed by atoms with Crippen molar-refractivity contribution in [2.75, 3.05) is 33.2 Å². The first-order valence-corrected chi connectivity index (χ1v) is 6.13. The average molecular weight is 228 g/mol. The minimum atomic E-state index is -0.710. The first kappa shape index (κ1) is 13.5. The third-order valence-corrected chi connectivity index (χ3v) is 3.39. The van der Waals surface area contributed by atoms with E-state index < -0.39 is 5.97 Å². The molecule has 1 fully saturated rings. The van der Waals surface area contributed by atoms with E-state index in [1.165, 1.54) is 6.42 Å². The number of hydrogen-bond acceptors (Lipinski definition) is 3. The van der Waals surface area contributed by atoms with E-state index in [2.05, 4.69) is 30.7 Å². The molecule has 1 N–H and O–H groups in total. The molecule has 0 radical (unpaired) electrons. The number of rotatable bonds is 5. The number of likely N-dealkylation sites (tertiary alicyclic amines) is 1. The van der Waals surface area contributed by atoms with Crippen molar-refractivity contribution in [2.45, 2.75) is 32.7 Å².